The van der Waals surface area contributed by atoms with Crippen molar-refractivity contribution < 1.29 is 14.5 Å². The molecule has 0 atom stereocenters. The number of aryl methyl sites for hydroxylation is 2. The minimum Gasteiger partial charge on any atom is -0.457 e. The Balaban J connectivity index is 1.87. The number of carbonyl (C=O) groups is 1. The van der Waals surface area contributed by atoms with Crippen molar-refractivity contribution in [2.75, 3.05) is 5.32 Å². The van der Waals surface area contributed by atoms with Gasteiger partial charge in [-0.15, -0.1) is 0 Å². The molecule has 3 rings (SSSR count). The van der Waals surface area contributed by atoms with Crippen LogP contribution in [0, 0.1) is 17.0 Å². The molecule has 144 valence electrons. The molecule has 0 spiro atoms. The average molecular weight is 401 g/mol. The highest BCUT2D eigenvalue weighted by Gasteiger charge is 2.15. The number of benzene rings is 2. The summed E-state index contributed by atoms with van der Waals surface area (Å²) in [5, 5.41) is 18.5. The number of halogens is 1. The summed E-state index contributed by atoms with van der Waals surface area (Å²) in [4.78, 5) is 23.1. The summed E-state index contributed by atoms with van der Waals surface area (Å²) in [6, 6.07) is 9.12. The van der Waals surface area contributed by atoms with Crippen molar-refractivity contribution in [2.45, 2.75) is 20.4 Å². The minimum atomic E-state index is -0.551. The van der Waals surface area contributed by atoms with E-state index in [2.05, 4.69) is 10.4 Å². The molecule has 0 saturated heterocycles. The number of nitro benzene ring substituents is 1. The third-order valence-electron chi connectivity index (χ3n) is 3.94. The van der Waals surface area contributed by atoms with E-state index < -0.39 is 10.8 Å². The lowest BCUT2D eigenvalue weighted by molar-refractivity contribution is -0.384. The number of nitro groups is 1. The Labute approximate surface area is 165 Å². The number of nitrogens with zero attached hydrogens (tertiary/aromatic N) is 3. The van der Waals surface area contributed by atoms with E-state index in [4.69, 9.17) is 16.3 Å². The standard InChI is InChI=1S/C19H17ClN4O4/c1-3-23-11-13(10-21-23)19(25)22-14-7-15(24(26)27)9-17(8-14)28-16-4-5-18(20)12(2)6-16/h4-11H,3H2,1-2H3,(H,22,25). The van der Waals surface area contributed by atoms with Crippen LogP contribution in [0.15, 0.2) is 48.8 Å². The van der Waals surface area contributed by atoms with E-state index in [-0.39, 0.29) is 17.1 Å². The summed E-state index contributed by atoms with van der Waals surface area (Å²) < 4.78 is 7.33. The normalized spacial score (nSPS) is 10.5. The average Bonchev–Trinajstić information content (AvgIpc) is 3.14. The molecule has 1 N–H and O–H groups in total. The largest absolute Gasteiger partial charge is 0.457 e. The van der Waals surface area contributed by atoms with Crippen LogP contribution < -0.4 is 10.1 Å². The van der Waals surface area contributed by atoms with Gasteiger partial charge in [-0.3, -0.25) is 19.6 Å². The van der Waals surface area contributed by atoms with Gasteiger partial charge in [-0.1, -0.05) is 11.6 Å². The fourth-order valence-electron chi connectivity index (χ4n) is 2.49. The highest BCUT2D eigenvalue weighted by atomic mass is 35.5. The summed E-state index contributed by atoms with van der Waals surface area (Å²) in [5.41, 5.74) is 1.20. The molecule has 3 aromatic rings. The molecule has 2 aromatic carbocycles. The number of nitrogens with one attached hydrogen (secondary N) is 1. The van der Waals surface area contributed by atoms with Crippen molar-refractivity contribution in [3.05, 3.63) is 75.1 Å². The lowest BCUT2D eigenvalue weighted by Gasteiger charge is -2.10. The zero-order valence-corrected chi connectivity index (χ0v) is 15.9. The number of rotatable bonds is 6. The van der Waals surface area contributed by atoms with Crippen LogP contribution >= 0.6 is 11.6 Å². The number of hydrogen-bond donors (Lipinski definition) is 1. The summed E-state index contributed by atoms with van der Waals surface area (Å²) in [5.74, 6) is 0.271. The summed E-state index contributed by atoms with van der Waals surface area (Å²) in [7, 11) is 0. The first-order valence-electron chi connectivity index (χ1n) is 8.43. The van der Waals surface area contributed by atoms with Gasteiger partial charge < -0.3 is 10.1 Å². The molecule has 0 radical (unpaired) electrons. The van der Waals surface area contributed by atoms with Gasteiger partial charge in [0.05, 0.1) is 28.4 Å². The van der Waals surface area contributed by atoms with Gasteiger partial charge in [0, 0.05) is 29.9 Å². The summed E-state index contributed by atoms with van der Waals surface area (Å²) >= 11 is 6.00. The van der Waals surface area contributed by atoms with Crippen LogP contribution in [-0.2, 0) is 6.54 Å². The van der Waals surface area contributed by atoms with Gasteiger partial charge in [0.15, 0.2) is 0 Å². The number of amides is 1. The smallest absolute Gasteiger partial charge is 0.275 e. The lowest BCUT2D eigenvalue weighted by Crippen LogP contribution is -2.11. The highest BCUT2D eigenvalue weighted by Crippen LogP contribution is 2.31. The molecule has 0 saturated carbocycles. The van der Waals surface area contributed by atoms with Gasteiger partial charge in [0.1, 0.15) is 11.5 Å². The second-order valence-corrected chi connectivity index (χ2v) is 6.43. The Morgan fingerprint density at radius 2 is 2.07 bits per heavy atom. The number of aromatic nitrogens is 2. The first kappa shape index (κ1) is 19.4. The fraction of sp³-hybridized carbons (Fsp3) is 0.158. The van der Waals surface area contributed by atoms with Crippen molar-refractivity contribution in [1.82, 2.24) is 9.78 Å². The zero-order valence-electron chi connectivity index (χ0n) is 15.2. The number of hydrogen-bond acceptors (Lipinski definition) is 5. The second-order valence-electron chi connectivity index (χ2n) is 6.02. The Bertz CT molecular complexity index is 1050. The van der Waals surface area contributed by atoms with Crippen LogP contribution in [0.2, 0.25) is 5.02 Å². The first-order valence-corrected chi connectivity index (χ1v) is 8.81. The van der Waals surface area contributed by atoms with E-state index in [1.807, 2.05) is 13.8 Å². The molecule has 28 heavy (non-hydrogen) atoms. The summed E-state index contributed by atoms with van der Waals surface area (Å²) in [6.07, 6.45) is 3.03. The van der Waals surface area contributed by atoms with Crippen LogP contribution in [0.1, 0.15) is 22.8 Å². The van der Waals surface area contributed by atoms with E-state index in [1.165, 1.54) is 24.4 Å². The topological polar surface area (TPSA) is 99.3 Å². The molecule has 0 fully saturated rings. The molecule has 0 unspecified atom stereocenters. The Morgan fingerprint density at radius 3 is 2.71 bits per heavy atom. The van der Waals surface area contributed by atoms with Crippen molar-refractivity contribution in [3.8, 4) is 11.5 Å². The maximum absolute atomic E-state index is 12.4. The van der Waals surface area contributed by atoms with E-state index in [0.717, 1.165) is 5.56 Å². The lowest BCUT2D eigenvalue weighted by atomic mass is 10.2. The molecule has 0 bridgehead atoms. The molecule has 9 heteroatoms. The van der Waals surface area contributed by atoms with Crippen molar-refractivity contribution >= 4 is 28.9 Å². The van der Waals surface area contributed by atoms with Crippen LogP contribution in [0.5, 0.6) is 11.5 Å². The molecule has 1 amide bonds. The van der Waals surface area contributed by atoms with Crippen LogP contribution in [0.4, 0.5) is 11.4 Å². The molecule has 0 aliphatic heterocycles. The van der Waals surface area contributed by atoms with Crippen LogP contribution in [0.25, 0.3) is 0 Å². The van der Waals surface area contributed by atoms with E-state index in [0.29, 0.717) is 22.9 Å². The highest BCUT2D eigenvalue weighted by molar-refractivity contribution is 6.31. The molecule has 1 heterocycles. The summed E-state index contributed by atoms with van der Waals surface area (Å²) in [6.45, 7) is 4.35. The Morgan fingerprint density at radius 1 is 1.29 bits per heavy atom. The molecule has 0 aliphatic rings. The third kappa shape index (κ3) is 4.47. The van der Waals surface area contributed by atoms with Crippen LogP contribution in [-0.4, -0.2) is 20.6 Å². The van der Waals surface area contributed by atoms with Crippen LogP contribution in [0.3, 0.4) is 0 Å². The molecule has 0 aliphatic carbocycles. The number of ether oxygens (including phenoxy) is 1. The van der Waals surface area contributed by atoms with Gasteiger partial charge in [-0.05, 0) is 37.6 Å². The quantitative estimate of drug-likeness (QED) is 0.472. The number of non-ortho nitro benzene ring substituents is 1. The SMILES string of the molecule is CCn1cc(C(=O)Nc2cc(Oc3ccc(Cl)c(C)c3)cc([N+](=O)[O-])c2)cn1. The Kier molecular flexibility index (Phi) is 5.60. The predicted octanol–water partition coefficient (Wildman–Crippen LogP) is 4.82. The van der Waals surface area contributed by atoms with Gasteiger partial charge in [-0.25, -0.2) is 0 Å². The molecular weight excluding hydrogens is 384 g/mol. The Hall–Kier alpha value is -3.39. The monoisotopic (exact) mass is 400 g/mol. The number of carbonyl (C=O) groups excluding carboxylic acids is 1. The fourth-order valence-corrected chi connectivity index (χ4v) is 2.61. The third-order valence-corrected chi connectivity index (χ3v) is 4.37. The number of anilines is 1. The maximum Gasteiger partial charge on any atom is 0.275 e. The molecular formula is C19H17ClN4O4. The van der Waals surface area contributed by atoms with Gasteiger partial charge in [-0.2, -0.15) is 5.10 Å². The van der Waals surface area contributed by atoms with Gasteiger partial charge in [0.2, 0.25) is 0 Å². The van der Waals surface area contributed by atoms with Crippen molar-refractivity contribution in [3.63, 3.8) is 0 Å². The first-order chi connectivity index (χ1) is 13.4. The maximum atomic E-state index is 12.4. The second kappa shape index (κ2) is 8.10. The van der Waals surface area contributed by atoms with E-state index >= 15 is 0 Å². The minimum absolute atomic E-state index is 0.206. The van der Waals surface area contributed by atoms with Gasteiger partial charge in [0.25, 0.3) is 11.6 Å². The van der Waals surface area contributed by atoms with Crippen molar-refractivity contribution in [1.29, 1.82) is 0 Å². The predicted molar refractivity (Wildman–Crippen MR) is 105 cm³/mol. The van der Waals surface area contributed by atoms with Gasteiger partial charge >= 0.3 is 0 Å². The van der Waals surface area contributed by atoms with E-state index in [1.54, 1.807) is 29.1 Å². The molecule has 1 aromatic heterocycles. The van der Waals surface area contributed by atoms with E-state index in [9.17, 15) is 14.9 Å². The molecule has 8 nitrogen and oxygen atoms in total. The zero-order chi connectivity index (χ0) is 20.3. The van der Waals surface area contributed by atoms with Crippen molar-refractivity contribution in [2.24, 2.45) is 0 Å².